The molecular weight excluding hydrogens is 420 g/mol. The Morgan fingerprint density at radius 3 is 2.67 bits per heavy atom. The van der Waals surface area contributed by atoms with Crippen LogP contribution in [0.4, 0.5) is 5.69 Å². The number of aliphatic carboxylic acids is 1. The highest BCUT2D eigenvalue weighted by atomic mass is 16.4. The second-order valence-electron chi connectivity index (χ2n) is 9.36. The van der Waals surface area contributed by atoms with Crippen LogP contribution in [0.25, 0.3) is 5.57 Å². The van der Waals surface area contributed by atoms with Crippen LogP contribution in [0.15, 0.2) is 57.5 Å². The number of hydrogen-bond donors (Lipinski definition) is 3. The molecule has 0 spiro atoms. The van der Waals surface area contributed by atoms with Crippen LogP contribution < -0.4 is 5.56 Å². The molecule has 0 amide bonds. The molecule has 2 aliphatic carbocycles. The summed E-state index contributed by atoms with van der Waals surface area (Å²) >= 11 is 0. The Morgan fingerprint density at radius 2 is 1.97 bits per heavy atom. The number of nitrogens with zero attached hydrogens (tertiary/aromatic N) is 3. The van der Waals surface area contributed by atoms with Crippen LogP contribution in [0.1, 0.15) is 56.8 Å². The summed E-state index contributed by atoms with van der Waals surface area (Å²) in [6.07, 6.45) is 7.72. The van der Waals surface area contributed by atoms with Crippen LogP contribution >= 0.6 is 0 Å². The van der Waals surface area contributed by atoms with Gasteiger partial charge in [0.05, 0.1) is 11.7 Å². The van der Waals surface area contributed by atoms with E-state index in [0.29, 0.717) is 28.7 Å². The summed E-state index contributed by atoms with van der Waals surface area (Å²) in [6, 6.07) is 6.83. The van der Waals surface area contributed by atoms with E-state index in [2.05, 4.69) is 29.2 Å². The van der Waals surface area contributed by atoms with E-state index >= 15 is 0 Å². The van der Waals surface area contributed by atoms with Crippen molar-refractivity contribution in [1.29, 1.82) is 0 Å². The van der Waals surface area contributed by atoms with E-state index in [1.165, 1.54) is 6.08 Å². The molecule has 0 bridgehead atoms. The highest BCUT2D eigenvalue weighted by Gasteiger charge is 2.39. The second kappa shape index (κ2) is 8.84. The molecule has 8 heteroatoms. The number of aromatic amines is 1. The smallest absolute Gasteiger partial charge is 0.337 e. The van der Waals surface area contributed by atoms with Crippen LogP contribution in [0, 0.1) is 18.8 Å². The number of phenols is 1. The van der Waals surface area contributed by atoms with Crippen LogP contribution in [0.3, 0.4) is 0 Å². The standard InChI is InChI=1S/C25H30N4O4/c1-15-10-11-19(13-16(15)2)29-23(31)22(17(3)27-29)26-28-25(24(32)33)12-6-7-18(14-25)20-8-4-5-9-21(20)30/h4-9,12,15-16,19,27,30H,10-11,13-14H2,1-3H3,(H,32,33). The maximum Gasteiger partial charge on any atom is 0.337 e. The molecule has 2 aliphatic rings. The molecule has 1 fully saturated rings. The number of carboxylic acid groups (broad SMARTS) is 1. The van der Waals surface area contributed by atoms with Gasteiger partial charge in [0.2, 0.25) is 5.54 Å². The molecule has 4 atom stereocenters. The summed E-state index contributed by atoms with van der Waals surface area (Å²) in [5, 5.41) is 31.7. The quantitative estimate of drug-likeness (QED) is 0.546. The number of hydrogen-bond acceptors (Lipinski definition) is 5. The van der Waals surface area contributed by atoms with Crippen LogP contribution in [0.2, 0.25) is 0 Å². The number of rotatable bonds is 5. The van der Waals surface area contributed by atoms with Crippen LogP contribution in [-0.2, 0) is 4.79 Å². The molecule has 33 heavy (non-hydrogen) atoms. The normalized spacial score (nSPS) is 27.6. The van der Waals surface area contributed by atoms with Gasteiger partial charge in [-0.2, -0.15) is 5.11 Å². The number of nitrogens with one attached hydrogen (secondary N) is 1. The van der Waals surface area contributed by atoms with Gasteiger partial charge >= 0.3 is 5.97 Å². The second-order valence-corrected chi connectivity index (χ2v) is 9.36. The predicted octanol–water partition coefficient (Wildman–Crippen LogP) is 5.14. The van der Waals surface area contributed by atoms with Crippen molar-refractivity contribution in [1.82, 2.24) is 9.78 Å². The number of allylic oxidation sites excluding steroid dienone is 2. The van der Waals surface area contributed by atoms with Gasteiger partial charge in [-0.3, -0.25) is 9.89 Å². The number of azo groups is 1. The third-order valence-electron chi connectivity index (χ3n) is 7.08. The summed E-state index contributed by atoms with van der Waals surface area (Å²) < 4.78 is 1.63. The Balaban J connectivity index is 1.64. The lowest BCUT2D eigenvalue weighted by Crippen LogP contribution is -2.35. The zero-order valence-corrected chi connectivity index (χ0v) is 19.2. The third kappa shape index (κ3) is 4.29. The van der Waals surface area contributed by atoms with Crippen LogP contribution in [0.5, 0.6) is 5.75 Å². The number of aromatic nitrogens is 2. The summed E-state index contributed by atoms with van der Waals surface area (Å²) in [4.78, 5) is 25.4. The molecule has 3 N–H and O–H groups in total. The summed E-state index contributed by atoms with van der Waals surface area (Å²) in [5.74, 6) is 0.0429. The third-order valence-corrected chi connectivity index (χ3v) is 7.08. The number of H-pyrrole nitrogens is 1. The first-order valence-electron chi connectivity index (χ1n) is 11.4. The number of carbonyl (C=O) groups is 1. The van der Waals surface area contributed by atoms with Gasteiger partial charge in [0, 0.05) is 12.0 Å². The average Bonchev–Trinajstić information content (AvgIpc) is 3.08. The van der Waals surface area contributed by atoms with Gasteiger partial charge < -0.3 is 10.2 Å². The molecular formula is C25H30N4O4. The molecule has 4 unspecified atom stereocenters. The van der Waals surface area contributed by atoms with Crippen molar-refractivity contribution in [3.05, 3.63) is 64.1 Å². The fourth-order valence-electron chi connectivity index (χ4n) is 4.75. The van der Waals surface area contributed by atoms with Crippen molar-refractivity contribution in [3.8, 4) is 5.75 Å². The average molecular weight is 451 g/mol. The molecule has 174 valence electrons. The molecule has 1 heterocycles. The first-order chi connectivity index (χ1) is 15.7. The number of para-hydroxylation sites is 1. The van der Waals surface area contributed by atoms with E-state index in [-0.39, 0.29) is 29.5 Å². The Bertz CT molecular complexity index is 1210. The molecule has 0 radical (unpaired) electrons. The van der Waals surface area contributed by atoms with E-state index in [1.807, 2.05) is 0 Å². The van der Waals surface area contributed by atoms with Crippen molar-refractivity contribution >= 4 is 17.2 Å². The molecule has 0 aliphatic heterocycles. The summed E-state index contributed by atoms with van der Waals surface area (Å²) in [6.45, 7) is 6.20. The highest BCUT2D eigenvalue weighted by Crippen LogP contribution is 2.38. The SMILES string of the molecule is Cc1[nH]n(C2CCC(C)C(C)C2)c(=O)c1N=NC1(C(=O)O)C=CC=C(c2ccccc2O)C1. The van der Waals surface area contributed by atoms with E-state index in [1.54, 1.807) is 48.0 Å². The van der Waals surface area contributed by atoms with Gasteiger partial charge in [0.1, 0.15) is 5.75 Å². The van der Waals surface area contributed by atoms with Crippen molar-refractivity contribution in [2.45, 2.75) is 58.0 Å². The fourth-order valence-corrected chi connectivity index (χ4v) is 4.75. The number of aromatic hydroxyl groups is 1. The summed E-state index contributed by atoms with van der Waals surface area (Å²) in [7, 11) is 0. The van der Waals surface area contributed by atoms with Crippen molar-refractivity contribution in [2.24, 2.45) is 22.1 Å². The predicted molar refractivity (Wildman–Crippen MR) is 126 cm³/mol. The first kappa shape index (κ1) is 22.8. The van der Waals surface area contributed by atoms with Gasteiger partial charge in [-0.05, 0) is 55.7 Å². The first-order valence-corrected chi connectivity index (χ1v) is 11.4. The largest absolute Gasteiger partial charge is 0.507 e. The molecule has 2 aromatic rings. The number of phenolic OH excluding ortho intramolecular Hbond substituents is 1. The van der Waals surface area contributed by atoms with Crippen molar-refractivity contribution in [2.75, 3.05) is 0 Å². The van der Waals surface area contributed by atoms with Crippen molar-refractivity contribution in [3.63, 3.8) is 0 Å². The number of carboxylic acids is 1. The Hall–Kier alpha value is -3.42. The fraction of sp³-hybridized carbons (Fsp3) is 0.440. The monoisotopic (exact) mass is 450 g/mol. The molecule has 1 saturated carbocycles. The Morgan fingerprint density at radius 1 is 1.21 bits per heavy atom. The lowest BCUT2D eigenvalue weighted by molar-refractivity contribution is -0.141. The van der Waals surface area contributed by atoms with E-state index in [4.69, 9.17) is 0 Å². The molecule has 4 rings (SSSR count). The van der Waals surface area contributed by atoms with E-state index in [9.17, 15) is 19.8 Å². The van der Waals surface area contributed by atoms with Gasteiger partial charge in [0.25, 0.3) is 5.56 Å². The minimum absolute atomic E-state index is 0.00952. The van der Waals surface area contributed by atoms with E-state index < -0.39 is 11.5 Å². The van der Waals surface area contributed by atoms with Crippen LogP contribution in [-0.4, -0.2) is 31.5 Å². The minimum Gasteiger partial charge on any atom is -0.507 e. The topological polar surface area (TPSA) is 120 Å². The maximum atomic E-state index is 13.1. The van der Waals surface area contributed by atoms with Gasteiger partial charge in [-0.25, -0.2) is 9.48 Å². The Labute approximate surface area is 192 Å². The van der Waals surface area contributed by atoms with Gasteiger partial charge in [-0.1, -0.05) is 44.2 Å². The zero-order valence-electron chi connectivity index (χ0n) is 19.2. The molecule has 1 aromatic carbocycles. The highest BCUT2D eigenvalue weighted by molar-refractivity contribution is 5.88. The van der Waals surface area contributed by atoms with Crippen molar-refractivity contribution < 1.29 is 15.0 Å². The zero-order chi connectivity index (χ0) is 23.8. The molecule has 8 nitrogen and oxygen atoms in total. The molecule has 0 saturated heterocycles. The van der Waals surface area contributed by atoms with E-state index in [0.717, 1.165) is 19.3 Å². The number of benzene rings is 1. The van der Waals surface area contributed by atoms with Gasteiger partial charge in [-0.15, -0.1) is 5.11 Å². The lowest BCUT2D eigenvalue weighted by Gasteiger charge is -2.32. The Kier molecular flexibility index (Phi) is 6.10. The number of aryl methyl sites for hydroxylation is 1. The van der Waals surface area contributed by atoms with Gasteiger partial charge in [0.15, 0.2) is 5.69 Å². The lowest BCUT2D eigenvalue weighted by atomic mass is 9.79. The minimum atomic E-state index is -1.66. The maximum absolute atomic E-state index is 13.1. The molecule has 1 aromatic heterocycles. The summed E-state index contributed by atoms with van der Waals surface area (Å²) in [5.41, 5.74) is -0.0724.